The van der Waals surface area contributed by atoms with Crippen molar-refractivity contribution < 1.29 is 4.42 Å². The molecule has 1 fully saturated rings. The highest BCUT2D eigenvalue weighted by atomic mass is 16.3. The first-order chi connectivity index (χ1) is 11.0. The molecule has 0 saturated carbocycles. The number of hydrogen-bond acceptors (Lipinski definition) is 4. The summed E-state index contributed by atoms with van der Waals surface area (Å²) in [5, 5.41) is 7.68. The predicted octanol–water partition coefficient (Wildman–Crippen LogP) is 4.02. The van der Waals surface area contributed by atoms with Gasteiger partial charge in [0.2, 0.25) is 0 Å². The summed E-state index contributed by atoms with van der Waals surface area (Å²) in [5.74, 6) is 2.29. The van der Waals surface area contributed by atoms with E-state index in [0.717, 1.165) is 31.2 Å². The Morgan fingerprint density at radius 3 is 2.52 bits per heavy atom. The van der Waals surface area contributed by atoms with Crippen LogP contribution in [-0.4, -0.2) is 33.2 Å². The first-order valence-electron chi connectivity index (χ1n) is 8.74. The number of nitrogens with one attached hydrogen (secondary N) is 1. The Bertz CT molecular complexity index is 621. The topological polar surface area (TPSA) is 58.0 Å². The zero-order chi connectivity index (χ0) is 16.4. The van der Waals surface area contributed by atoms with Crippen molar-refractivity contribution in [2.45, 2.75) is 64.8 Å². The largest absolute Gasteiger partial charge is 0.448 e. The van der Waals surface area contributed by atoms with Crippen LogP contribution < -0.4 is 0 Å². The first-order valence-corrected chi connectivity index (χ1v) is 8.74. The van der Waals surface area contributed by atoms with Crippen molar-refractivity contribution in [3.63, 3.8) is 0 Å². The van der Waals surface area contributed by atoms with E-state index in [-0.39, 0.29) is 0 Å². The SMILES string of the molecule is CC(C)c1cc(C2CCN(Cc3coc(C(C)C)n3)CC2)[nH]n1. The van der Waals surface area contributed by atoms with Crippen LogP contribution in [0.1, 0.15) is 81.3 Å². The highest BCUT2D eigenvalue weighted by Crippen LogP contribution is 2.29. The summed E-state index contributed by atoms with van der Waals surface area (Å²) in [6, 6.07) is 2.25. The lowest BCUT2D eigenvalue weighted by Crippen LogP contribution is -2.32. The normalized spacial score (nSPS) is 17.5. The van der Waals surface area contributed by atoms with Crippen LogP contribution in [0.25, 0.3) is 0 Å². The fourth-order valence-electron chi connectivity index (χ4n) is 3.15. The van der Waals surface area contributed by atoms with Gasteiger partial charge in [0.15, 0.2) is 5.89 Å². The van der Waals surface area contributed by atoms with Crippen molar-refractivity contribution in [1.82, 2.24) is 20.1 Å². The summed E-state index contributed by atoms with van der Waals surface area (Å²) in [6.07, 6.45) is 4.16. The second-order valence-corrected chi connectivity index (χ2v) is 7.29. The lowest BCUT2D eigenvalue weighted by atomic mass is 9.93. The fraction of sp³-hybridized carbons (Fsp3) is 0.667. The van der Waals surface area contributed by atoms with Gasteiger partial charge in [-0.05, 0) is 37.9 Å². The van der Waals surface area contributed by atoms with Crippen molar-refractivity contribution in [1.29, 1.82) is 0 Å². The molecule has 0 unspecified atom stereocenters. The van der Waals surface area contributed by atoms with Gasteiger partial charge in [0.1, 0.15) is 6.26 Å². The average molecular weight is 316 g/mol. The molecule has 0 amide bonds. The molecular weight excluding hydrogens is 288 g/mol. The number of oxazole rings is 1. The van der Waals surface area contributed by atoms with Crippen LogP contribution in [0, 0.1) is 0 Å². The van der Waals surface area contributed by atoms with Gasteiger partial charge in [-0.15, -0.1) is 0 Å². The molecular formula is C18H28N4O. The molecule has 0 spiro atoms. The summed E-state index contributed by atoms with van der Waals surface area (Å²) in [5.41, 5.74) is 3.53. The number of nitrogens with zero attached hydrogens (tertiary/aromatic N) is 3. The van der Waals surface area contributed by atoms with Gasteiger partial charge in [-0.25, -0.2) is 4.98 Å². The molecule has 1 aliphatic heterocycles. The van der Waals surface area contributed by atoms with Crippen LogP contribution in [0.5, 0.6) is 0 Å². The molecule has 3 rings (SSSR count). The number of hydrogen-bond donors (Lipinski definition) is 1. The minimum Gasteiger partial charge on any atom is -0.448 e. The van der Waals surface area contributed by atoms with Crippen molar-refractivity contribution >= 4 is 0 Å². The van der Waals surface area contributed by atoms with E-state index in [9.17, 15) is 0 Å². The molecule has 0 atom stereocenters. The third-order valence-electron chi connectivity index (χ3n) is 4.69. The quantitative estimate of drug-likeness (QED) is 0.905. The van der Waals surface area contributed by atoms with E-state index in [1.807, 2.05) is 6.26 Å². The van der Waals surface area contributed by atoms with Crippen LogP contribution in [0.3, 0.4) is 0 Å². The number of aromatic amines is 1. The number of rotatable bonds is 5. The zero-order valence-electron chi connectivity index (χ0n) is 14.7. The summed E-state index contributed by atoms with van der Waals surface area (Å²) in [6.45, 7) is 11.7. The van der Waals surface area contributed by atoms with Crippen LogP contribution in [0.15, 0.2) is 16.7 Å². The molecule has 2 aromatic rings. The van der Waals surface area contributed by atoms with Gasteiger partial charge >= 0.3 is 0 Å². The van der Waals surface area contributed by atoms with Crippen LogP contribution in [0.4, 0.5) is 0 Å². The Hall–Kier alpha value is -1.62. The van der Waals surface area contributed by atoms with E-state index in [1.165, 1.54) is 24.2 Å². The Morgan fingerprint density at radius 1 is 1.22 bits per heavy atom. The van der Waals surface area contributed by atoms with Crippen LogP contribution >= 0.6 is 0 Å². The molecule has 5 nitrogen and oxygen atoms in total. The number of aromatic nitrogens is 3. The third-order valence-corrected chi connectivity index (χ3v) is 4.69. The summed E-state index contributed by atoms with van der Waals surface area (Å²) < 4.78 is 5.53. The van der Waals surface area contributed by atoms with E-state index in [2.05, 4.69) is 53.8 Å². The van der Waals surface area contributed by atoms with Gasteiger partial charge in [-0.1, -0.05) is 27.7 Å². The van der Waals surface area contributed by atoms with Crippen molar-refractivity contribution in [2.75, 3.05) is 13.1 Å². The first kappa shape index (κ1) is 16.2. The molecule has 0 radical (unpaired) electrons. The van der Waals surface area contributed by atoms with E-state index < -0.39 is 0 Å². The van der Waals surface area contributed by atoms with Crippen molar-refractivity contribution in [3.8, 4) is 0 Å². The number of H-pyrrole nitrogens is 1. The second-order valence-electron chi connectivity index (χ2n) is 7.29. The summed E-state index contributed by atoms with van der Waals surface area (Å²) >= 11 is 0. The molecule has 0 aromatic carbocycles. The molecule has 0 aliphatic carbocycles. The second kappa shape index (κ2) is 6.87. The Labute approximate surface area is 138 Å². The lowest BCUT2D eigenvalue weighted by Gasteiger charge is -2.30. The van der Waals surface area contributed by atoms with Gasteiger partial charge in [0.05, 0.1) is 11.4 Å². The maximum Gasteiger partial charge on any atom is 0.196 e. The van der Waals surface area contributed by atoms with E-state index in [1.54, 1.807) is 0 Å². The Kier molecular flexibility index (Phi) is 4.85. The zero-order valence-corrected chi connectivity index (χ0v) is 14.7. The summed E-state index contributed by atoms with van der Waals surface area (Å²) in [4.78, 5) is 7.05. The predicted molar refractivity (Wildman–Crippen MR) is 90.5 cm³/mol. The average Bonchev–Trinajstić information content (AvgIpc) is 3.17. The molecule has 3 heterocycles. The van der Waals surface area contributed by atoms with E-state index in [4.69, 9.17) is 4.42 Å². The maximum atomic E-state index is 5.53. The molecule has 0 bridgehead atoms. The molecule has 5 heteroatoms. The van der Waals surface area contributed by atoms with E-state index >= 15 is 0 Å². The molecule has 2 aromatic heterocycles. The molecule has 126 valence electrons. The van der Waals surface area contributed by atoms with Gasteiger partial charge in [-0.2, -0.15) is 5.10 Å². The van der Waals surface area contributed by atoms with Gasteiger partial charge in [0, 0.05) is 24.1 Å². The highest BCUT2D eigenvalue weighted by molar-refractivity contribution is 5.16. The third kappa shape index (κ3) is 3.83. The smallest absolute Gasteiger partial charge is 0.196 e. The number of piperidine rings is 1. The van der Waals surface area contributed by atoms with E-state index in [0.29, 0.717) is 17.8 Å². The van der Waals surface area contributed by atoms with Gasteiger partial charge in [-0.3, -0.25) is 10.00 Å². The van der Waals surface area contributed by atoms with Crippen LogP contribution in [0.2, 0.25) is 0 Å². The molecule has 1 N–H and O–H groups in total. The Balaban J connectivity index is 1.53. The standard InChI is InChI=1S/C18H28N4O/c1-12(2)16-9-17(21-20-16)14-5-7-22(8-6-14)10-15-11-23-18(19-15)13(3)4/h9,11-14H,5-8,10H2,1-4H3,(H,20,21). The molecule has 1 saturated heterocycles. The number of likely N-dealkylation sites (tertiary alicyclic amines) is 1. The van der Waals surface area contributed by atoms with Crippen molar-refractivity contribution in [3.05, 3.63) is 35.3 Å². The van der Waals surface area contributed by atoms with Crippen LogP contribution in [-0.2, 0) is 6.54 Å². The minimum atomic E-state index is 0.352. The monoisotopic (exact) mass is 316 g/mol. The fourth-order valence-corrected chi connectivity index (χ4v) is 3.15. The molecule has 23 heavy (non-hydrogen) atoms. The maximum absolute atomic E-state index is 5.53. The van der Waals surface area contributed by atoms with Gasteiger partial charge < -0.3 is 4.42 Å². The lowest BCUT2D eigenvalue weighted by molar-refractivity contribution is 0.201. The highest BCUT2D eigenvalue weighted by Gasteiger charge is 2.23. The summed E-state index contributed by atoms with van der Waals surface area (Å²) in [7, 11) is 0. The van der Waals surface area contributed by atoms with Gasteiger partial charge in [0.25, 0.3) is 0 Å². The Morgan fingerprint density at radius 2 is 1.96 bits per heavy atom. The molecule has 1 aliphatic rings. The van der Waals surface area contributed by atoms with Crippen molar-refractivity contribution in [2.24, 2.45) is 0 Å². The minimum absolute atomic E-state index is 0.352.